The lowest BCUT2D eigenvalue weighted by molar-refractivity contribution is -0.663. The fraction of sp³-hybridized carbons (Fsp3) is 0.296. The number of rotatable bonds is 4. The molecule has 0 fully saturated rings. The molecule has 0 aliphatic carbocycles. The summed E-state index contributed by atoms with van der Waals surface area (Å²) in [4.78, 5) is 0. The molecular weight excluding hydrogens is 464 g/mol. The van der Waals surface area contributed by atoms with Gasteiger partial charge in [0.1, 0.15) is 24.6 Å². The Morgan fingerprint density at radius 3 is 2.69 bits per heavy atom. The Kier molecular flexibility index (Phi) is 4.76. The lowest BCUT2D eigenvalue weighted by Crippen LogP contribution is -2.33. The van der Waals surface area contributed by atoms with Crippen LogP contribution in [0.25, 0.3) is 11.0 Å². The predicted octanol–water partition coefficient (Wildman–Crippen LogP) is 5.27. The van der Waals surface area contributed by atoms with Gasteiger partial charge in [0.05, 0.1) is 13.2 Å². The first-order valence-electron chi connectivity index (χ1n) is 11.2. The molecule has 3 aromatic carbocycles. The van der Waals surface area contributed by atoms with Crippen molar-refractivity contribution in [3.05, 3.63) is 86.6 Å². The summed E-state index contributed by atoms with van der Waals surface area (Å²) in [6, 6.07) is 15.3. The summed E-state index contributed by atoms with van der Waals surface area (Å²) in [7, 11) is 0. The van der Waals surface area contributed by atoms with E-state index < -0.39 is 0 Å². The van der Waals surface area contributed by atoms with Crippen molar-refractivity contribution in [3.8, 4) is 11.5 Å². The SMILES string of the molecule is Cc1cc2c(cc1C)[n+](Cc1ccccc1Br)cn2Cc1c2c(cc3c1OCC3)OCC2. The monoisotopic (exact) mass is 489 g/mol. The fourth-order valence-electron chi connectivity index (χ4n) is 5.02. The van der Waals surface area contributed by atoms with Gasteiger partial charge < -0.3 is 9.47 Å². The Morgan fingerprint density at radius 2 is 1.81 bits per heavy atom. The fourth-order valence-corrected chi connectivity index (χ4v) is 5.43. The summed E-state index contributed by atoms with van der Waals surface area (Å²) < 4.78 is 18.0. The van der Waals surface area contributed by atoms with Gasteiger partial charge in [0, 0.05) is 39.6 Å². The highest BCUT2D eigenvalue weighted by atomic mass is 79.9. The Balaban J connectivity index is 1.50. The summed E-state index contributed by atoms with van der Waals surface area (Å²) in [6.45, 7) is 7.51. The number of aryl methyl sites for hydroxylation is 2. The van der Waals surface area contributed by atoms with Crippen LogP contribution in [0.1, 0.15) is 33.4 Å². The summed E-state index contributed by atoms with van der Waals surface area (Å²) >= 11 is 3.72. The first-order valence-corrected chi connectivity index (χ1v) is 12.0. The number of hydrogen-bond donors (Lipinski definition) is 0. The maximum atomic E-state index is 6.12. The highest BCUT2D eigenvalue weighted by molar-refractivity contribution is 9.10. The molecule has 2 aliphatic rings. The Bertz CT molecular complexity index is 1340. The second-order valence-corrected chi connectivity index (χ2v) is 9.76. The highest BCUT2D eigenvalue weighted by Crippen LogP contribution is 2.41. The molecule has 2 aliphatic heterocycles. The molecule has 0 radical (unpaired) electrons. The van der Waals surface area contributed by atoms with Gasteiger partial charge in [-0.3, -0.25) is 0 Å². The van der Waals surface area contributed by atoms with Crippen molar-refractivity contribution in [2.45, 2.75) is 39.8 Å². The lowest BCUT2D eigenvalue weighted by Gasteiger charge is -2.11. The maximum Gasteiger partial charge on any atom is 0.245 e. The first-order chi connectivity index (χ1) is 15.6. The maximum absolute atomic E-state index is 6.12. The van der Waals surface area contributed by atoms with Crippen LogP contribution in [0.3, 0.4) is 0 Å². The van der Waals surface area contributed by atoms with Gasteiger partial charge in [-0.1, -0.05) is 34.1 Å². The molecule has 0 N–H and O–H groups in total. The minimum atomic E-state index is 0.762. The Morgan fingerprint density at radius 1 is 1.00 bits per heavy atom. The van der Waals surface area contributed by atoms with Gasteiger partial charge in [-0.05, 0) is 49.2 Å². The highest BCUT2D eigenvalue weighted by Gasteiger charge is 2.29. The van der Waals surface area contributed by atoms with E-state index in [0.717, 1.165) is 55.1 Å². The van der Waals surface area contributed by atoms with Gasteiger partial charge in [-0.25, -0.2) is 9.13 Å². The van der Waals surface area contributed by atoms with E-state index in [1.807, 2.05) is 0 Å². The molecule has 4 aromatic rings. The standard InChI is InChI=1S/C27H26BrN2O2/c1-17-11-24-25(12-18(17)2)30(16-29(24)14-20-5-3-4-6-23(20)28)15-22-21-8-10-31-26(21)13-19-7-9-32-27(19)22/h3-6,11-13,16H,7-10,14-15H2,1-2H3/q+1. The van der Waals surface area contributed by atoms with E-state index in [4.69, 9.17) is 9.47 Å². The van der Waals surface area contributed by atoms with Gasteiger partial charge >= 0.3 is 0 Å². The van der Waals surface area contributed by atoms with Crippen LogP contribution in [-0.4, -0.2) is 17.8 Å². The average Bonchev–Trinajstić information content (AvgIpc) is 3.50. The number of aromatic nitrogens is 2. The molecule has 0 atom stereocenters. The molecule has 0 bridgehead atoms. The zero-order chi connectivity index (χ0) is 21.8. The van der Waals surface area contributed by atoms with Crippen LogP contribution in [0, 0.1) is 13.8 Å². The molecule has 5 heteroatoms. The summed E-state index contributed by atoms with van der Waals surface area (Å²) in [5.41, 5.74) is 10.3. The number of benzene rings is 3. The predicted molar refractivity (Wildman–Crippen MR) is 129 cm³/mol. The molecule has 6 rings (SSSR count). The van der Waals surface area contributed by atoms with Crippen molar-refractivity contribution >= 4 is 27.0 Å². The van der Waals surface area contributed by atoms with E-state index in [2.05, 4.69) is 87.7 Å². The van der Waals surface area contributed by atoms with Crippen LogP contribution in [0.15, 0.2) is 53.3 Å². The van der Waals surface area contributed by atoms with E-state index in [-0.39, 0.29) is 0 Å². The number of ether oxygens (including phenoxy) is 2. The van der Waals surface area contributed by atoms with Crippen molar-refractivity contribution in [1.82, 2.24) is 4.57 Å². The summed E-state index contributed by atoms with van der Waals surface area (Å²) in [6.07, 6.45) is 4.18. The number of fused-ring (bicyclic) bond motifs is 3. The van der Waals surface area contributed by atoms with Crippen molar-refractivity contribution in [2.75, 3.05) is 13.2 Å². The third-order valence-electron chi connectivity index (χ3n) is 6.88. The first kappa shape index (κ1) is 19.9. The van der Waals surface area contributed by atoms with E-state index in [9.17, 15) is 0 Å². The van der Waals surface area contributed by atoms with Crippen LogP contribution >= 0.6 is 15.9 Å². The number of hydrogen-bond acceptors (Lipinski definition) is 2. The van der Waals surface area contributed by atoms with E-state index >= 15 is 0 Å². The molecule has 0 saturated carbocycles. The van der Waals surface area contributed by atoms with Crippen molar-refractivity contribution in [3.63, 3.8) is 0 Å². The minimum Gasteiger partial charge on any atom is -0.493 e. The van der Waals surface area contributed by atoms with Gasteiger partial charge in [-0.2, -0.15) is 0 Å². The zero-order valence-electron chi connectivity index (χ0n) is 18.5. The summed E-state index contributed by atoms with van der Waals surface area (Å²) in [5, 5.41) is 0. The number of halogens is 1. The Hall–Kier alpha value is -2.79. The second kappa shape index (κ2) is 7.66. The minimum absolute atomic E-state index is 0.762. The van der Waals surface area contributed by atoms with Crippen molar-refractivity contribution < 1.29 is 14.0 Å². The van der Waals surface area contributed by atoms with E-state index in [1.165, 1.54) is 44.4 Å². The zero-order valence-corrected chi connectivity index (χ0v) is 20.0. The molecule has 0 amide bonds. The van der Waals surface area contributed by atoms with Crippen LogP contribution in [0.5, 0.6) is 11.5 Å². The smallest absolute Gasteiger partial charge is 0.245 e. The summed E-state index contributed by atoms with van der Waals surface area (Å²) in [5.74, 6) is 2.13. The molecule has 0 unspecified atom stereocenters. The van der Waals surface area contributed by atoms with Crippen molar-refractivity contribution in [1.29, 1.82) is 0 Å². The van der Waals surface area contributed by atoms with Crippen LogP contribution in [0.4, 0.5) is 0 Å². The molecule has 1 aromatic heterocycles. The van der Waals surface area contributed by atoms with Gasteiger partial charge in [0.2, 0.25) is 6.33 Å². The van der Waals surface area contributed by atoms with Crippen LogP contribution < -0.4 is 14.0 Å². The van der Waals surface area contributed by atoms with Gasteiger partial charge in [0.25, 0.3) is 0 Å². The molecule has 162 valence electrons. The molecule has 32 heavy (non-hydrogen) atoms. The van der Waals surface area contributed by atoms with E-state index in [1.54, 1.807) is 0 Å². The molecule has 3 heterocycles. The molecule has 4 nitrogen and oxygen atoms in total. The van der Waals surface area contributed by atoms with Gasteiger partial charge in [0.15, 0.2) is 11.0 Å². The largest absolute Gasteiger partial charge is 0.493 e. The Labute approximate surface area is 196 Å². The van der Waals surface area contributed by atoms with Crippen LogP contribution in [-0.2, 0) is 25.9 Å². The number of nitrogens with zero attached hydrogens (tertiary/aromatic N) is 2. The topological polar surface area (TPSA) is 27.3 Å². The third kappa shape index (κ3) is 3.22. The quantitative estimate of drug-likeness (QED) is 0.365. The number of imidazole rings is 1. The second-order valence-electron chi connectivity index (χ2n) is 8.90. The van der Waals surface area contributed by atoms with Crippen molar-refractivity contribution in [2.24, 2.45) is 0 Å². The van der Waals surface area contributed by atoms with Gasteiger partial charge in [-0.15, -0.1) is 0 Å². The lowest BCUT2D eigenvalue weighted by atomic mass is 9.99. The van der Waals surface area contributed by atoms with Crippen LogP contribution in [0.2, 0.25) is 0 Å². The normalized spacial score (nSPS) is 14.3. The third-order valence-corrected chi connectivity index (χ3v) is 7.65. The van der Waals surface area contributed by atoms with E-state index in [0.29, 0.717) is 0 Å². The molecule has 0 spiro atoms. The molecular formula is C27H26BrN2O2+. The molecule has 0 saturated heterocycles. The average molecular weight is 490 g/mol.